The van der Waals surface area contributed by atoms with Crippen LogP contribution in [0, 0.1) is 0 Å². The molecule has 4 nitrogen and oxygen atoms in total. The Morgan fingerprint density at radius 3 is 2.52 bits per heavy atom. The number of benzene rings is 2. The third-order valence-electron chi connectivity index (χ3n) is 3.40. The van der Waals surface area contributed by atoms with Crippen LogP contribution >= 0.6 is 0 Å². The molecule has 3 rings (SSSR count). The van der Waals surface area contributed by atoms with Gasteiger partial charge in [0.2, 0.25) is 0 Å². The topological polar surface area (TPSA) is 59.4 Å². The van der Waals surface area contributed by atoms with Gasteiger partial charge < -0.3 is 9.84 Å². The summed E-state index contributed by atoms with van der Waals surface area (Å²) in [6.07, 6.45) is 1.72. The number of hydrogen-bond acceptors (Lipinski definition) is 3. The highest BCUT2D eigenvalue weighted by molar-refractivity contribution is 5.98. The summed E-state index contributed by atoms with van der Waals surface area (Å²) < 4.78 is 5.33. The second kappa shape index (κ2) is 5.25. The number of carboxylic acids is 1. The maximum absolute atomic E-state index is 10.9. The summed E-state index contributed by atoms with van der Waals surface area (Å²) in [5.74, 6) is -0.209. The van der Waals surface area contributed by atoms with Crippen LogP contribution in [0.1, 0.15) is 10.4 Å². The smallest absolute Gasteiger partial charge is 0.335 e. The number of carbonyl (C=O) groups is 1. The van der Waals surface area contributed by atoms with Crippen LogP contribution in [-0.2, 0) is 0 Å². The molecule has 1 N–H and O–H groups in total. The van der Waals surface area contributed by atoms with E-state index in [1.165, 1.54) is 0 Å². The fraction of sp³-hybridized carbons (Fsp3) is 0.0588. The van der Waals surface area contributed by atoms with E-state index in [1.54, 1.807) is 37.6 Å². The van der Waals surface area contributed by atoms with Crippen LogP contribution in [0.5, 0.6) is 5.75 Å². The Balaban J connectivity index is 2.18. The number of aromatic carboxylic acids is 1. The number of pyridine rings is 1. The highest BCUT2D eigenvalue weighted by Crippen LogP contribution is 2.33. The quantitative estimate of drug-likeness (QED) is 0.795. The van der Waals surface area contributed by atoms with E-state index in [9.17, 15) is 4.79 Å². The Labute approximate surface area is 121 Å². The third-order valence-corrected chi connectivity index (χ3v) is 3.40. The van der Waals surface area contributed by atoms with Crippen molar-refractivity contribution in [1.82, 2.24) is 4.98 Å². The van der Waals surface area contributed by atoms with Gasteiger partial charge in [0.05, 0.1) is 12.7 Å². The lowest BCUT2D eigenvalue weighted by molar-refractivity contribution is 0.0697. The summed E-state index contributed by atoms with van der Waals surface area (Å²) in [5, 5.41) is 9.93. The van der Waals surface area contributed by atoms with E-state index in [1.807, 2.05) is 24.3 Å². The molecule has 0 atom stereocenters. The Morgan fingerprint density at radius 2 is 1.86 bits per heavy atom. The molecule has 0 bridgehead atoms. The molecule has 0 spiro atoms. The predicted octanol–water partition coefficient (Wildman–Crippen LogP) is 3.61. The summed E-state index contributed by atoms with van der Waals surface area (Å²) in [4.78, 5) is 15.3. The van der Waals surface area contributed by atoms with E-state index >= 15 is 0 Å². The zero-order valence-corrected chi connectivity index (χ0v) is 11.4. The molecule has 0 saturated heterocycles. The van der Waals surface area contributed by atoms with Crippen LogP contribution in [-0.4, -0.2) is 23.2 Å². The molecule has 0 amide bonds. The van der Waals surface area contributed by atoms with Crippen molar-refractivity contribution in [2.45, 2.75) is 0 Å². The van der Waals surface area contributed by atoms with Gasteiger partial charge in [0, 0.05) is 11.6 Å². The molecule has 3 aromatic rings. The molecule has 1 heterocycles. The van der Waals surface area contributed by atoms with Crippen LogP contribution in [0.25, 0.3) is 22.0 Å². The molecule has 1 aromatic heterocycles. The van der Waals surface area contributed by atoms with Crippen LogP contribution in [0.4, 0.5) is 0 Å². The second-order valence-corrected chi connectivity index (χ2v) is 4.60. The molecular weight excluding hydrogens is 266 g/mol. The van der Waals surface area contributed by atoms with Crippen molar-refractivity contribution < 1.29 is 14.6 Å². The number of ether oxygens (including phenoxy) is 1. The number of fused-ring (bicyclic) bond motifs is 1. The molecule has 0 aliphatic carbocycles. The van der Waals surface area contributed by atoms with Crippen LogP contribution in [0.3, 0.4) is 0 Å². The summed E-state index contributed by atoms with van der Waals surface area (Å²) in [6.45, 7) is 0. The molecule has 0 aliphatic rings. The molecular formula is C17H13NO3. The fourth-order valence-corrected chi connectivity index (χ4v) is 2.36. The van der Waals surface area contributed by atoms with Gasteiger partial charge in [-0.25, -0.2) is 4.79 Å². The number of nitrogens with zero attached hydrogens (tertiary/aromatic N) is 1. The first kappa shape index (κ1) is 13.1. The Kier molecular flexibility index (Phi) is 3.28. The average molecular weight is 279 g/mol. The number of hydrogen-bond donors (Lipinski definition) is 1. The Bertz CT molecular complexity index is 810. The summed E-state index contributed by atoms with van der Waals surface area (Å²) in [5.41, 5.74) is 3.01. The SMILES string of the molecule is COc1ccc(-c2ccc(C(=O)O)cc2)c2cccnc12. The van der Waals surface area contributed by atoms with Crippen molar-refractivity contribution in [2.24, 2.45) is 0 Å². The third kappa shape index (κ3) is 2.31. The van der Waals surface area contributed by atoms with Crippen molar-refractivity contribution >= 4 is 16.9 Å². The van der Waals surface area contributed by atoms with E-state index in [0.29, 0.717) is 0 Å². The molecule has 4 heteroatoms. The highest BCUT2D eigenvalue weighted by Gasteiger charge is 2.09. The minimum Gasteiger partial charge on any atom is -0.494 e. The zero-order chi connectivity index (χ0) is 14.8. The standard InChI is InChI=1S/C17H13NO3/c1-21-15-9-8-13(14-3-2-10-18-16(14)15)11-4-6-12(7-5-11)17(19)20/h2-10H,1H3,(H,19,20). The fourth-order valence-electron chi connectivity index (χ4n) is 2.36. The predicted molar refractivity (Wildman–Crippen MR) is 80.7 cm³/mol. The van der Waals surface area contributed by atoms with Crippen molar-refractivity contribution in [2.75, 3.05) is 7.11 Å². The Morgan fingerprint density at radius 1 is 1.10 bits per heavy atom. The van der Waals surface area contributed by atoms with Crippen molar-refractivity contribution in [3.05, 3.63) is 60.3 Å². The molecule has 0 saturated carbocycles. The van der Waals surface area contributed by atoms with Gasteiger partial charge >= 0.3 is 5.97 Å². The minimum absolute atomic E-state index is 0.273. The molecule has 0 unspecified atom stereocenters. The van der Waals surface area contributed by atoms with Gasteiger partial charge in [-0.2, -0.15) is 0 Å². The molecule has 2 aromatic carbocycles. The van der Waals surface area contributed by atoms with Gasteiger partial charge in [-0.05, 0) is 41.5 Å². The summed E-state index contributed by atoms with van der Waals surface area (Å²) in [7, 11) is 1.62. The van der Waals surface area contributed by atoms with Gasteiger partial charge in [-0.1, -0.05) is 18.2 Å². The largest absolute Gasteiger partial charge is 0.494 e. The molecule has 104 valence electrons. The van der Waals surface area contributed by atoms with Crippen molar-refractivity contribution in [3.63, 3.8) is 0 Å². The lowest BCUT2D eigenvalue weighted by Crippen LogP contribution is -1.95. The first-order valence-electron chi connectivity index (χ1n) is 6.46. The monoisotopic (exact) mass is 279 g/mol. The van der Waals surface area contributed by atoms with E-state index in [-0.39, 0.29) is 5.56 Å². The van der Waals surface area contributed by atoms with E-state index < -0.39 is 5.97 Å². The van der Waals surface area contributed by atoms with Gasteiger partial charge in [-0.15, -0.1) is 0 Å². The minimum atomic E-state index is -0.928. The maximum Gasteiger partial charge on any atom is 0.335 e. The normalized spacial score (nSPS) is 10.5. The first-order valence-corrected chi connectivity index (χ1v) is 6.46. The van der Waals surface area contributed by atoms with Crippen LogP contribution in [0.2, 0.25) is 0 Å². The van der Waals surface area contributed by atoms with Gasteiger partial charge in [-0.3, -0.25) is 4.98 Å². The Hall–Kier alpha value is -2.88. The molecule has 0 radical (unpaired) electrons. The lowest BCUT2D eigenvalue weighted by atomic mass is 9.99. The first-order chi connectivity index (χ1) is 10.2. The average Bonchev–Trinajstić information content (AvgIpc) is 2.54. The lowest BCUT2D eigenvalue weighted by Gasteiger charge is -2.10. The summed E-state index contributed by atoms with van der Waals surface area (Å²) in [6, 6.07) is 14.5. The van der Waals surface area contributed by atoms with E-state index in [2.05, 4.69) is 4.98 Å². The number of aromatic nitrogens is 1. The molecule has 0 aliphatic heterocycles. The zero-order valence-electron chi connectivity index (χ0n) is 11.4. The highest BCUT2D eigenvalue weighted by atomic mass is 16.5. The van der Waals surface area contributed by atoms with Crippen LogP contribution in [0.15, 0.2) is 54.7 Å². The van der Waals surface area contributed by atoms with Crippen molar-refractivity contribution in [3.8, 4) is 16.9 Å². The van der Waals surface area contributed by atoms with Gasteiger partial charge in [0.15, 0.2) is 0 Å². The maximum atomic E-state index is 10.9. The van der Waals surface area contributed by atoms with Crippen LogP contribution < -0.4 is 4.74 Å². The number of methoxy groups -OCH3 is 1. The number of carboxylic acid groups (broad SMARTS) is 1. The van der Waals surface area contributed by atoms with Gasteiger partial charge in [0.1, 0.15) is 11.3 Å². The van der Waals surface area contributed by atoms with E-state index in [4.69, 9.17) is 9.84 Å². The second-order valence-electron chi connectivity index (χ2n) is 4.60. The van der Waals surface area contributed by atoms with Gasteiger partial charge in [0.25, 0.3) is 0 Å². The summed E-state index contributed by atoms with van der Waals surface area (Å²) >= 11 is 0. The van der Waals surface area contributed by atoms with Crippen molar-refractivity contribution in [1.29, 1.82) is 0 Å². The van der Waals surface area contributed by atoms with E-state index in [0.717, 1.165) is 27.8 Å². The number of rotatable bonds is 3. The molecule has 21 heavy (non-hydrogen) atoms. The molecule has 0 fully saturated rings.